The Balaban J connectivity index is 0.000000166. The van der Waals surface area contributed by atoms with Crippen LogP contribution in [0.4, 0.5) is 5.69 Å². The van der Waals surface area contributed by atoms with E-state index in [1.165, 1.54) is 0 Å². The fourth-order valence-electron chi connectivity index (χ4n) is 2.40. The maximum absolute atomic E-state index is 4.26. The zero-order chi connectivity index (χ0) is 17.6. The average Bonchev–Trinajstić information content (AvgIpc) is 3.51. The minimum atomic E-state index is 0. The van der Waals surface area contributed by atoms with Gasteiger partial charge in [-0.3, -0.25) is 16.3 Å². The molecule has 5 rings (SSSR count). The fraction of sp³-hybridized carbons (Fsp3) is 0.0526. The topological polar surface area (TPSA) is 46.1 Å². The number of hydrogen-bond acceptors (Lipinski definition) is 5. The first-order valence-corrected chi connectivity index (χ1v) is 9.73. The molecule has 0 bridgehead atoms. The van der Waals surface area contributed by atoms with Crippen LogP contribution in [0.3, 0.4) is 0 Å². The molecule has 0 unspecified atom stereocenters. The van der Waals surface area contributed by atoms with Crippen LogP contribution in [0.2, 0.25) is 0 Å². The van der Waals surface area contributed by atoms with Gasteiger partial charge in [0.2, 0.25) is 0 Å². The third kappa shape index (κ3) is 4.73. The number of thiophene rings is 1. The van der Waals surface area contributed by atoms with Crippen molar-refractivity contribution in [1.82, 2.24) is 14.5 Å². The zero-order valence-corrected chi connectivity index (χ0v) is 18.0. The van der Waals surface area contributed by atoms with E-state index in [9.17, 15) is 0 Å². The van der Waals surface area contributed by atoms with Gasteiger partial charge in [-0.05, 0) is 15.9 Å². The largest absolute Gasteiger partial charge is 0.411 e. The Morgan fingerprint density at radius 2 is 2.04 bits per heavy atom. The predicted octanol–water partition coefficient (Wildman–Crippen LogP) is 4.45. The molecular weight excluding hydrogens is 555 g/mol. The van der Waals surface area contributed by atoms with Crippen molar-refractivity contribution in [3.63, 3.8) is 0 Å². The molecule has 1 aliphatic rings. The summed E-state index contributed by atoms with van der Waals surface area (Å²) in [6, 6.07) is 12.1. The summed E-state index contributed by atoms with van der Waals surface area (Å²) in [6.07, 6.45) is 9.56. The van der Waals surface area contributed by atoms with E-state index < -0.39 is 0 Å². The molecule has 5 nitrogen and oxygen atoms in total. The summed E-state index contributed by atoms with van der Waals surface area (Å²) >= 11 is 3.13. The van der Waals surface area contributed by atoms with Crippen molar-refractivity contribution in [2.24, 2.45) is 5.10 Å². The second-order valence-corrected chi connectivity index (χ2v) is 6.69. The molecule has 8 heteroatoms. The first kappa shape index (κ1) is 19.5. The van der Waals surface area contributed by atoms with E-state index in [4.69, 9.17) is 0 Å². The van der Waals surface area contributed by atoms with Crippen LogP contribution >= 0.6 is 22.7 Å². The summed E-state index contributed by atoms with van der Waals surface area (Å²) < 4.78 is 3.71. The molecule has 4 aromatic rings. The van der Waals surface area contributed by atoms with Crippen molar-refractivity contribution in [2.45, 2.75) is 6.42 Å². The van der Waals surface area contributed by atoms with E-state index >= 15 is 0 Å². The van der Waals surface area contributed by atoms with Crippen molar-refractivity contribution in [3.05, 3.63) is 70.6 Å². The smallest absolute Gasteiger partial charge is 0.182 e. The summed E-state index contributed by atoms with van der Waals surface area (Å²) in [4.78, 5) is 8.31. The molecule has 4 heterocycles. The van der Waals surface area contributed by atoms with E-state index in [1.807, 2.05) is 68.8 Å². The van der Waals surface area contributed by atoms with Crippen LogP contribution in [-0.2, 0) is 20.1 Å². The number of hydrazone groups is 1. The monoisotopic (exact) mass is 569 g/mol. The first-order valence-electron chi connectivity index (χ1n) is 7.91. The molecule has 0 N–H and O–H groups in total. The van der Waals surface area contributed by atoms with Crippen molar-refractivity contribution in [1.29, 1.82) is 0 Å². The summed E-state index contributed by atoms with van der Waals surface area (Å²) in [5.41, 5.74) is 4.97. The van der Waals surface area contributed by atoms with Crippen LogP contribution in [0, 0.1) is 11.7 Å². The van der Waals surface area contributed by atoms with Crippen molar-refractivity contribution < 1.29 is 24.8 Å². The summed E-state index contributed by atoms with van der Waals surface area (Å²) in [6.45, 7) is 0. The number of hydrogen-bond donors (Lipinski definition) is 0. The second-order valence-electron chi connectivity index (χ2n) is 5.26. The minimum Gasteiger partial charge on any atom is -0.411 e. The Morgan fingerprint density at radius 3 is 2.70 bits per heavy atom. The zero-order valence-electron chi connectivity index (χ0n) is 14.0. The number of thiazole rings is 1. The van der Waals surface area contributed by atoms with Crippen LogP contribution in [0.1, 0.15) is 6.42 Å². The van der Waals surface area contributed by atoms with E-state index in [0.29, 0.717) is 0 Å². The van der Waals surface area contributed by atoms with Crippen molar-refractivity contribution in [2.75, 3.05) is 0 Å². The molecule has 0 fully saturated rings. The van der Waals surface area contributed by atoms with Gasteiger partial charge in [-0.15, -0.1) is 17.4 Å². The molecule has 0 saturated heterocycles. The van der Waals surface area contributed by atoms with Gasteiger partial charge in [0, 0.05) is 26.4 Å². The maximum Gasteiger partial charge on any atom is 0.182 e. The standard InChI is InChI=1S/C12H8N3S.C7H6N2S.Ir/c1-2-4-10(5-3-1)11-6-13-8-15(11)12-7-16-9-14-12;1-3-8-9(4-1)7-2-5-10-6-7;/h1-7,9H;2-5H,1H2;/q-1;;. The van der Waals surface area contributed by atoms with Gasteiger partial charge in [0.25, 0.3) is 0 Å². The van der Waals surface area contributed by atoms with E-state index in [1.54, 1.807) is 34.4 Å². The van der Waals surface area contributed by atoms with Crippen LogP contribution < -0.4 is 0 Å². The summed E-state index contributed by atoms with van der Waals surface area (Å²) in [5.74, 6) is 0.862. The third-order valence-electron chi connectivity index (χ3n) is 3.60. The van der Waals surface area contributed by atoms with Gasteiger partial charge in [-0.25, -0.2) is 0 Å². The molecule has 0 amide bonds. The number of aromatic nitrogens is 3. The van der Waals surface area contributed by atoms with E-state index in [0.717, 1.165) is 29.2 Å². The Labute approximate surface area is 178 Å². The second kappa shape index (κ2) is 9.62. The van der Waals surface area contributed by atoms with Crippen molar-refractivity contribution >= 4 is 40.8 Å². The van der Waals surface area contributed by atoms with Crippen LogP contribution in [0.25, 0.3) is 17.1 Å². The van der Waals surface area contributed by atoms with Gasteiger partial charge in [0.05, 0.1) is 24.0 Å². The number of imidazole rings is 1. The molecule has 27 heavy (non-hydrogen) atoms. The molecule has 1 aliphatic heterocycles. The molecule has 1 aromatic carbocycles. The van der Waals surface area contributed by atoms with Crippen LogP contribution in [0.5, 0.6) is 0 Å². The third-order valence-corrected chi connectivity index (χ3v) is 4.77. The number of benzene rings is 1. The van der Waals surface area contributed by atoms with Gasteiger partial charge in [-0.1, -0.05) is 52.5 Å². The van der Waals surface area contributed by atoms with Gasteiger partial charge in [0.15, 0.2) is 6.21 Å². The quantitative estimate of drug-likeness (QED) is 0.271. The number of rotatable bonds is 3. The Morgan fingerprint density at radius 1 is 1.15 bits per heavy atom. The predicted molar refractivity (Wildman–Crippen MR) is 106 cm³/mol. The normalized spacial score (nSPS) is 12.1. The average molecular weight is 569 g/mol. The van der Waals surface area contributed by atoms with E-state index in [2.05, 4.69) is 26.8 Å². The molecule has 3 aromatic heterocycles. The van der Waals surface area contributed by atoms with Gasteiger partial charge in [0.1, 0.15) is 5.69 Å². The molecule has 0 saturated carbocycles. The SMILES string of the molecule is [Ir].[c-]1ncc(-c2ccccc2)n1-c1cscn1.[c-]1sccc1[N+]1=CCC=N1. The molecule has 0 spiro atoms. The van der Waals surface area contributed by atoms with Gasteiger partial charge in [-0.2, -0.15) is 5.38 Å². The first-order chi connectivity index (χ1) is 12.9. The minimum absolute atomic E-state index is 0. The number of nitrogens with zero attached hydrogens (tertiary/aromatic N) is 5. The van der Waals surface area contributed by atoms with E-state index in [-0.39, 0.29) is 20.1 Å². The van der Waals surface area contributed by atoms with Crippen LogP contribution in [0.15, 0.2) is 64.0 Å². The Hall–Kier alpha value is -2.25. The summed E-state index contributed by atoms with van der Waals surface area (Å²) in [7, 11) is 0. The van der Waals surface area contributed by atoms with Crippen LogP contribution in [-0.4, -0.2) is 31.6 Å². The molecule has 137 valence electrons. The molecule has 0 atom stereocenters. The maximum atomic E-state index is 4.26. The summed E-state index contributed by atoms with van der Waals surface area (Å²) in [5, 5.41) is 11.2. The Kier molecular flexibility index (Phi) is 6.95. The van der Waals surface area contributed by atoms with Crippen molar-refractivity contribution in [3.8, 4) is 17.1 Å². The molecule has 1 radical (unpaired) electrons. The van der Waals surface area contributed by atoms with Gasteiger partial charge >= 0.3 is 0 Å². The fourth-order valence-corrected chi connectivity index (χ4v) is 3.47. The van der Waals surface area contributed by atoms with Gasteiger partial charge < -0.3 is 9.55 Å². The Bertz CT molecular complexity index is 1010. The molecular formula is C19H14IrN5S2-. The molecule has 0 aliphatic carbocycles.